The van der Waals surface area contributed by atoms with Gasteiger partial charge in [0.25, 0.3) is 5.69 Å². The van der Waals surface area contributed by atoms with Gasteiger partial charge in [-0.2, -0.15) is 0 Å². The first-order valence-electron chi connectivity index (χ1n) is 11.4. The minimum absolute atomic E-state index is 0.0376. The van der Waals surface area contributed by atoms with Crippen molar-refractivity contribution in [2.45, 2.75) is 50.9 Å². The molecule has 0 aliphatic heterocycles. The number of carboxylic acids is 1. The number of nitrogens with one attached hydrogen (secondary N) is 1. The Balaban J connectivity index is 2.99. The quantitative estimate of drug-likeness (QED) is 0.152. The second-order valence-corrected chi connectivity index (χ2v) is 8.20. The zero-order valence-electron chi connectivity index (χ0n) is 19.8. The Hall–Kier alpha value is -3.49. The molecule has 0 fully saturated rings. The van der Waals surface area contributed by atoms with E-state index in [0.717, 1.165) is 19.3 Å². The van der Waals surface area contributed by atoms with Crippen LogP contribution in [-0.4, -0.2) is 52.9 Å². The molecule has 0 bridgehead atoms. The van der Waals surface area contributed by atoms with Crippen LogP contribution >= 0.6 is 0 Å². The van der Waals surface area contributed by atoms with E-state index in [2.05, 4.69) is 18.5 Å². The van der Waals surface area contributed by atoms with E-state index in [1.165, 1.54) is 24.3 Å². The van der Waals surface area contributed by atoms with Gasteiger partial charge in [-0.05, 0) is 44.1 Å². The number of non-ortho nitro benzene ring substituents is 1. The van der Waals surface area contributed by atoms with Gasteiger partial charge in [-0.3, -0.25) is 24.5 Å². The number of hydrogen-bond acceptors (Lipinski definition) is 5. The molecule has 186 valence electrons. The lowest BCUT2D eigenvalue weighted by Crippen LogP contribution is -2.41. The lowest BCUT2D eigenvalue weighted by Gasteiger charge is -2.25. The summed E-state index contributed by atoms with van der Waals surface area (Å²) >= 11 is 0. The van der Waals surface area contributed by atoms with Crippen LogP contribution in [0.2, 0.25) is 0 Å². The first-order chi connectivity index (χ1) is 16.2. The Morgan fingerprint density at radius 2 is 1.74 bits per heavy atom. The molecule has 0 spiro atoms. The number of hydrogen-bond donors (Lipinski definition) is 2. The second kappa shape index (κ2) is 15.4. The standard InChI is InChI=1S/C25H35N3O6/c1-4-6-8-10-16-27(3)25(32)22(19-12-14-21(15-13-19)28(33)34)18-26-24(31)20(17-23(29)30)11-9-7-5-2/h4-5,12-15,20,22H,1-2,6-11,16-18H2,3H3,(H,26,31)(H,29,30)/t20-,22+/m1/s1. The van der Waals surface area contributed by atoms with Crippen molar-refractivity contribution in [1.82, 2.24) is 10.2 Å². The lowest BCUT2D eigenvalue weighted by molar-refractivity contribution is -0.384. The van der Waals surface area contributed by atoms with Gasteiger partial charge in [0, 0.05) is 38.2 Å². The molecule has 1 aromatic carbocycles. The van der Waals surface area contributed by atoms with Gasteiger partial charge in [0.05, 0.1) is 17.3 Å². The highest BCUT2D eigenvalue weighted by Gasteiger charge is 2.27. The van der Waals surface area contributed by atoms with Gasteiger partial charge in [0.15, 0.2) is 0 Å². The van der Waals surface area contributed by atoms with Crippen LogP contribution in [0.5, 0.6) is 0 Å². The highest BCUT2D eigenvalue weighted by molar-refractivity contribution is 5.86. The number of nitro groups is 1. The van der Waals surface area contributed by atoms with E-state index in [1.54, 1.807) is 18.0 Å². The Morgan fingerprint density at radius 1 is 1.12 bits per heavy atom. The molecule has 1 aromatic rings. The fourth-order valence-corrected chi connectivity index (χ4v) is 3.58. The highest BCUT2D eigenvalue weighted by atomic mass is 16.6. The summed E-state index contributed by atoms with van der Waals surface area (Å²) in [5.41, 5.74) is 0.441. The van der Waals surface area contributed by atoms with E-state index in [-0.39, 0.29) is 24.6 Å². The number of allylic oxidation sites excluding steroid dienone is 2. The summed E-state index contributed by atoms with van der Waals surface area (Å²) < 4.78 is 0. The number of carbonyl (C=O) groups is 3. The van der Waals surface area contributed by atoms with Crippen LogP contribution in [0.1, 0.15) is 56.4 Å². The average molecular weight is 474 g/mol. The molecular formula is C25H35N3O6. The maximum atomic E-state index is 13.2. The number of carboxylic acid groups (broad SMARTS) is 1. The zero-order chi connectivity index (χ0) is 25.5. The molecule has 0 aliphatic carbocycles. The summed E-state index contributed by atoms with van der Waals surface area (Å²) in [5.74, 6) is -3.20. The Kier molecular flexibility index (Phi) is 12.9. The summed E-state index contributed by atoms with van der Waals surface area (Å²) in [6.45, 7) is 7.80. The highest BCUT2D eigenvalue weighted by Crippen LogP contribution is 2.22. The summed E-state index contributed by atoms with van der Waals surface area (Å²) in [6.07, 6.45) is 7.45. The van der Waals surface area contributed by atoms with E-state index in [0.29, 0.717) is 31.4 Å². The van der Waals surface area contributed by atoms with E-state index in [9.17, 15) is 29.6 Å². The summed E-state index contributed by atoms with van der Waals surface area (Å²) in [6, 6.07) is 5.67. The first-order valence-corrected chi connectivity index (χ1v) is 11.4. The molecule has 0 unspecified atom stereocenters. The average Bonchev–Trinajstić information content (AvgIpc) is 2.81. The number of nitro benzene ring substituents is 1. The SMILES string of the molecule is C=CCCCCN(C)C(=O)[C@@H](CNC(=O)[C@H](CCCC=C)CC(=O)O)c1ccc([N+](=O)[O-])cc1. The van der Waals surface area contributed by atoms with Crippen molar-refractivity contribution >= 4 is 23.5 Å². The predicted octanol–water partition coefficient (Wildman–Crippen LogP) is 4.06. The predicted molar refractivity (Wildman–Crippen MR) is 130 cm³/mol. The van der Waals surface area contributed by atoms with Crippen molar-refractivity contribution in [1.29, 1.82) is 0 Å². The number of benzene rings is 1. The van der Waals surface area contributed by atoms with Crippen molar-refractivity contribution in [3.8, 4) is 0 Å². The van der Waals surface area contributed by atoms with Gasteiger partial charge in [0.2, 0.25) is 11.8 Å². The van der Waals surface area contributed by atoms with Crippen LogP contribution in [0.4, 0.5) is 5.69 Å². The minimum Gasteiger partial charge on any atom is -0.481 e. The van der Waals surface area contributed by atoms with Crippen molar-refractivity contribution in [3.63, 3.8) is 0 Å². The van der Waals surface area contributed by atoms with Crippen LogP contribution in [0.25, 0.3) is 0 Å². The number of amides is 2. The van der Waals surface area contributed by atoms with Gasteiger partial charge in [0.1, 0.15) is 0 Å². The smallest absolute Gasteiger partial charge is 0.304 e. The normalized spacial score (nSPS) is 12.3. The fraction of sp³-hybridized carbons (Fsp3) is 0.480. The van der Waals surface area contributed by atoms with Crippen molar-refractivity contribution in [3.05, 3.63) is 65.3 Å². The Labute approximate surface area is 200 Å². The van der Waals surface area contributed by atoms with Crippen LogP contribution in [0.15, 0.2) is 49.6 Å². The summed E-state index contributed by atoms with van der Waals surface area (Å²) in [7, 11) is 1.68. The van der Waals surface area contributed by atoms with Gasteiger partial charge in [-0.25, -0.2) is 0 Å². The monoisotopic (exact) mass is 473 g/mol. The Morgan fingerprint density at radius 3 is 2.29 bits per heavy atom. The van der Waals surface area contributed by atoms with Gasteiger partial charge < -0.3 is 15.3 Å². The molecule has 34 heavy (non-hydrogen) atoms. The number of unbranched alkanes of at least 4 members (excludes halogenated alkanes) is 3. The van der Waals surface area contributed by atoms with Crippen molar-refractivity contribution < 1.29 is 24.4 Å². The Bertz CT molecular complexity index is 853. The third-order valence-electron chi connectivity index (χ3n) is 5.57. The zero-order valence-corrected chi connectivity index (χ0v) is 19.8. The topological polar surface area (TPSA) is 130 Å². The lowest BCUT2D eigenvalue weighted by atomic mass is 9.94. The van der Waals surface area contributed by atoms with Crippen LogP contribution < -0.4 is 5.32 Å². The summed E-state index contributed by atoms with van der Waals surface area (Å²) in [5, 5.41) is 22.9. The molecule has 2 amide bonds. The van der Waals surface area contributed by atoms with E-state index < -0.39 is 28.6 Å². The van der Waals surface area contributed by atoms with Gasteiger partial charge in [-0.15, -0.1) is 13.2 Å². The van der Waals surface area contributed by atoms with E-state index in [4.69, 9.17) is 0 Å². The molecule has 9 heteroatoms. The van der Waals surface area contributed by atoms with E-state index >= 15 is 0 Å². The minimum atomic E-state index is -1.07. The maximum Gasteiger partial charge on any atom is 0.304 e. The van der Waals surface area contributed by atoms with Crippen LogP contribution in [0, 0.1) is 16.0 Å². The molecule has 2 N–H and O–H groups in total. The maximum absolute atomic E-state index is 13.2. The number of likely N-dealkylation sites (N-methyl/N-ethyl adjacent to an activating group) is 1. The molecule has 0 aromatic heterocycles. The largest absolute Gasteiger partial charge is 0.481 e. The molecule has 0 heterocycles. The number of carbonyl (C=O) groups excluding carboxylic acids is 2. The molecule has 1 rings (SSSR count). The van der Waals surface area contributed by atoms with Gasteiger partial charge in [-0.1, -0.05) is 24.3 Å². The molecule has 0 saturated heterocycles. The number of rotatable bonds is 17. The molecule has 0 saturated carbocycles. The third kappa shape index (κ3) is 9.97. The van der Waals surface area contributed by atoms with E-state index in [1.807, 2.05) is 6.08 Å². The number of aliphatic carboxylic acids is 1. The second-order valence-electron chi connectivity index (χ2n) is 8.20. The fourth-order valence-electron chi connectivity index (χ4n) is 3.58. The first kappa shape index (κ1) is 28.5. The summed E-state index contributed by atoms with van der Waals surface area (Å²) in [4.78, 5) is 49.3. The van der Waals surface area contributed by atoms with Crippen molar-refractivity contribution in [2.75, 3.05) is 20.1 Å². The molecule has 0 aliphatic rings. The van der Waals surface area contributed by atoms with Crippen LogP contribution in [0.3, 0.4) is 0 Å². The third-order valence-corrected chi connectivity index (χ3v) is 5.57. The molecular weight excluding hydrogens is 438 g/mol. The molecule has 9 nitrogen and oxygen atoms in total. The van der Waals surface area contributed by atoms with Gasteiger partial charge >= 0.3 is 5.97 Å². The molecule has 2 atom stereocenters. The molecule has 0 radical (unpaired) electrons. The van der Waals surface area contributed by atoms with Crippen molar-refractivity contribution in [2.24, 2.45) is 5.92 Å². The number of nitrogens with zero attached hydrogens (tertiary/aromatic N) is 2. The van der Waals surface area contributed by atoms with Crippen LogP contribution in [-0.2, 0) is 14.4 Å².